The normalized spacial score (nSPS) is 18.0. The lowest BCUT2D eigenvalue weighted by Gasteiger charge is -2.24. The van der Waals surface area contributed by atoms with Crippen LogP contribution < -0.4 is 0 Å². The minimum atomic E-state index is -0.931. The number of esters is 1. The van der Waals surface area contributed by atoms with Gasteiger partial charge < -0.3 is 20.1 Å². The Morgan fingerprint density at radius 2 is 1.71 bits per heavy atom. The third-order valence-corrected chi connectivity index (χ3v) is 4.81. The number of allylic oxidation sites excluding steroid dienone is 9. The molecule has 5 nitrogen and oxygen atoms in total. The van der Waals surface area contributed by atoms with Crippen molar-refractivity contribution in [3.8, 4) is 0 Å². The van der Waals surface area contributed by atoms with Crippen LogP contribution in [0.15, 0.2) is 72.6 Å². The van der Waals surface area contributed by atoms with Crippen molar-refractivity contribution in [1.29, 1.82) is 0 Å². The molecule has 1 fully saturated rings. The Bertz CT molecular complexity index is 665. The summed E-state index contributed by atoms with van der Waals surface area (Å²) in [4.78, 5) is 11.6. The first-order valence-electron chi connectivity index (χ1n) is 11.3. The van der Waals surface area contributed by atoms with Crippen LogP contribution in [-0.4, -0.2) is 39.6 Å². The summed E-state index contributed by atoms with van der Waals surface area (Å²) in [6, 6.07) is 0. The zero-order valence-electron chi connectivity index (χ0n) is 18.6. The third kappa shape index (κ3) is 14.3. The van der Waals surface area contributed by atoms with Gasteiger partial charge in [-0.25, -0.2) is 0 Å². The monoisotopic (exact) mass is 430 g/mol. The summed E-state index contributed by atoms with van der Waals surface area (Å²) in [5.41, 5.74) is 0. The zero-order chi connectivity index (χ0) is 22.7. The molecule has 0 radical (unpaired) electrons. The van der Waals surface area contributed by atoms with Gasteiger partial charge in [-0.1, -0.05) is 67.7 Å². The fourth-order valence-electron chi connectivity index (χ4n) is 2.71. The van der Waals surface area contributed by atoms with Crippen LogP contribution in [0.4, 0.5) is 0 Å². The highest BCUT2D eigenvalue weighted by Crippen LogP contribution is 2.22. The molecule has 31 heavy (non-hydrogen) atoms. The van der Waals surface area contributed by atoms with Crippen LogP contribution >= 0.6 is 0 Å². The van der Waals surface area contributed by atoms with Crippen molar-refractivity contribution in [2.24, 2.45) is 0 Å². The van der Waals surface area contributed by atoms with E-state index in [0.717, 1.165) is 25.7 Å². The molecule has 0 amide bonds. The van der Waals surface area contributed by atoms with Crippen LogP contribution in [0.3, 0.4) is 0 Å². The molecule has 0 aromatic rings. The van der Waals surface area contributed by atoms with Crippen molar-refractivity contribution < 1.29 is 24.9 Å². The maximum Gasteiger partial charge on any atom is 0.306 e. The van der Waals surface area contributed by atoms with Gasteiger partial charge in [-0.15, -0.1) is 0 Å². The van der Waals surface area contributed by atoms with Crippen LogP contribution in [0, 0.1) is 0 Å². The highest BCUT2D eigenvalue weighted by Gasteiger charge is 2.21. The minimum Gasteiger partial charge on any atom is -0.510 e. The summed E-state index contributed by atoms with van der Waals surface area (Å²) in [5.74, 6) is -0.342. The second kappa shape index (κ2) is 17.3. The van der Waals surface area contributed by atoms with E-state index in [-0.39, 0.29) is 24.3 Å². The smallest absolute Gasteiger partial charge is 0.306 e. The molecular formula is C26H38O5. The first-order valence-corrected chi connectivity index (χ1v) is 11.3. The zero-order valence-corrected chi connectivity index (χ0v) is 18.6. The molecule has 1 aliphatic rings. The number of hydrogen-bond acceptors (Lipinski definition) is 5. The average Bonchev–Trinajstić information content (AvgIpc) is 2.72. The fraction of sp³-hybridized carbons (Fsp3) is 0.500. The highest BCUT2D eigenvalue weighted by molar-refractivity contribution is 5.69. The molecule has 0 unspecified atom stereocenters. The van der Waals surface area contributed by atoms with Gasteiger partial charge in [0.15, 0.2) is 0 Å². The molecule has 0 spiro atoms. The summed E-state index contributed by atoms with van der Waals surface area (Å²) < 4.78 is 5.24. The topological polar surface area (TPSA) is 87.0 Å². The molecular weight excluding hydrogens is 392 g/mol. The van der Waals surface area contributed by atoms with Gasteiger partial charge in [0.1, 0.15) is 18.0 Å². The van der Waals surface area contributed by atoms with Crippen molar-refractivity contribution in [2.45, 2.75) is 83.0 Å². The molecule has 0 bridgehead atoms. The van der Waals surface area contributed by atoms with E-state index < -0.39 is 12.2 Å². The Balaban J connectivity index is 2.14. The maximum absolute atomic E-state index is 11.6. The van der Waals surface area contributed by atoms with Gasteiger partial charge in [-0.2, -0.15) is 0 Å². The molecule has 1 saturated carbocycles. The van der Waals surface area contributed by atoms with E-state index in [2.05, 4.69) is 6.92 Å². The average molecular weight is 431 g/mol. The number of aliphatic hydroxyl groups excluding tert-OH is 3. The predicted molar refractivity (Wildman–Crippen MR) is 126 cm³/mol. The standard InChI is InChI=1S/C26H38O5/c1-2-3-10-15-22(27)16-11-8-6-4-5-7-9-12-19-24(28)25(29)20-14-21-26(30)31-23-17-13-18-23/h3-11,16,20,22-24,27-29H,2,12-15,17-19,21H2,1H3/b5-4+,8-6-,9-7+,10-3-,16-11+,25-20+/t22-,24+/m1/s1. The van der Waals surface area contributed by atoms with Crippen molar-refractivity contribution in [2.75, 3.05) is 0 Å². The van der Waals surface area contributed by atoms with Gasteiger partial charge in [0, 0.05) is 6.42 Å². The summed E-state index contributed by atoms with van der Waals surface area (Å²) in [6.07, 6.45) is 25.2. The van der Waals surface area contributed by atoms with Crippen LogP contribution in [0.5, 0.6) is 0 Å². The van der Waals surface area contributed by atoms with Gasteiger partial charge >= 0.3 is 5.97 Å². The molecule has 0 heterocycles. The Morgan fingerprint density at radius 1 is 1.00 bits per heavy atom. The van der Waals surface area contributed by atoms with Gasteiger partial charge in [-0.3, -0.25) is 4.79 Å². The van der Waals surface area contributed by atoms with Crippen molar-refractivity contribution in [1.82, 2.24) is 0 Å². The first-order chi connectivity index (χ1) is 15.0. The van der Waals surface area contributed by atoms with E-state index in [4.69, 9.17) is 4.74 Å². The van der Waals surface area contributed by atoms with E-state index >= 15 is 0 Å². The van der Waals surface area contributed by atoms with Gasteiger partial charge in [0.25, 0.3) is 0 Å². The number of carbonyl (C=O) groups excluding carboxylic acids is 1. The van der Waals surface area contributed by atoms with Crippen LogP contribution in [0.2, 0.25) is 0 Å². The fourth-order valence-corrected chi connectivity index (χ4v) is 2.71. The van der Waals surface area contributed by atoms with Gasteiger partial charge in [0.05, 0.1) is 6.10 Å². The lowest BCUT2D eigenvalue weighted by molar-refractivity contribution is -0.152. The van der Waals surface area contributed by atoms with Crippen molar-refractivity contribution in [3.05, 3.63) is 72.6 Å². The SMILES string of the molecule is CC/C=C\C[C@@H](O)/C=C/C=C\C=C\C=C\CC[C@H](O)/C(O)=C\CCC(=O)OC1CCC1. The van der Waals surface area contributed by atoms with E-state index in [9.17, 15) is 20.1 Å². The Morgan fingerprint density at radius 3 is 2.39 bits per heavy atom. The number of ether oxygens (including phenoxy) is 1. The van der Waals surface area contributed by atoms with Crippen LogP contribution in [0.25, 0.3) is 0 Å². The molecule has 0 saturated heterocycles. The molecule has 0 aliphatic heterocycles. The highest BCUT2D eigenvalue weighted by atomic mass is 16.5. The number of rotatable bonds is 15. The lowest BCUT2D eigenvalue weighted by atomic mass is 9.96. The molecule has 3 N–H and O–H groups in total. The summed E-state index contributed by atoms with van der Waals surface area (Å²) in [5, 5.41) is 29.5. The van der Waals surface area contributed by atoms with Crippen LogP contribution in [0.1, 0.15) is 64.7 Å². The molecule has 1 aliphatic carbocycles. The minimum absolute atomic E-state index is 0.0781. The number of carbonyl (C=O) groups is 1. The predicted octanol–water partition coefficient (Wildman–Crippen LogP) is 5.39. The van der Waals surface area contributed by atoms with Gasteiger partial charge in [-0.05, 0) is 57.4 Å². The number of aliphatic hydroxyl groups is 3. The third-order valence-electron chi connectivity index (χ3n) is 4.81. The van der Waals surface area contributed by atoms with E-state index in [0.29, 0.717) is 25.7 Å². The maximum atomic E-state index is 11.6. The van der Waals surface area contributed by atoms with E-state index in [1.807, 2.05) is 54.7 Å². The van der Waals surface area contributed by atoms with Crippen LogP contribution in [-0.2, 0) is 9.53 Å². The first kappa shape index (κ1) is 26.7. The Kier molecular flexibility index (Phi) is 14.9. The summed E-state index contributed by atoms with van der Waals surface area (Å²) in [6.45, 7) is 2.06. The van der Waals surface area contributed by atoms with E-state index in [1.54, 1.807) is 6.08 Å². The molecule has 1 rings (SSSR count). The quantitative estimate of drug-likeness (QED) is 0.140. The second-order valence-electron chi connectivity index (χ2n) is 7.57. The lowest BCUT2D eigenvalue weighted by Crippen LogP contribution is -2.24. The Labute approximate surface area is 186 Å². The van der Waals surface area contributed by atoms with Gasteiger partial charge in [0.2, 0.25) is 0 Å². The summed E-state index contributed by atoms with van der Waals surface area (Å²) >= 11 is 0. The number of hydrogen-bond donors (Lipinski definition) is 3. The van der Waals surface area contributed by atoms with Crippen molar-refractivity contribution in [3.63, 3.8) is 0 Å². The Hall–Kier alpha value is -2.37. The van der Waals surface area contributed by atoms with E-state index in [1.165, 1.54) is 6.08 Å². The molecule has 5 heteroatoms. The molecule has 2 atom stereocenters. The second-order valence-corrected chi connectivity index (χ2v) is 7.57. The summed E-state index contributed by atoms with van der Waals surface area (Å²) in [7, 11) is 0. The van der Waals surface area contributed by atoms with Crippen molar-refractivity contribution >= 4 is 5.97 Å². The largest absolute Gasteiger partial charge is 0.510 e. The molecule has 0 aromatic heterocycles. The molecule has 172 valence electrons. The molecule has 0 aromatic carbocycles.